The minimum Gasteiger partial charge on any atom is -0.323 e. The molecule has 0 aliphatic heterocycles. The maximum atomic E-state index is 6.24. The zero-order valence-corrected chi connectivity index (χ0v) is 11.6. The molecule has 1 aliphatic rings. The van der Waals surface area contributed by atoms with Gasteiger partial charge in [-0.25, -0.2) is 0 Å². The van der Waals surface area contributed by atoms with Gasteiger partial charge < -0.3 is 5.73 Å². The molecular formula is C13H21NS2. The van der Waals surface area contributed by atoms with E-state index >= 15 is 0 Å². The Balaban J connectivity index is 1.79. The standard InChI is InChI=1S/C13H21NS2/c1-10-12(7-8-15-10)13(14)9-16-11-5-3-2-4-6-11/h7-8,11,13H,2-6,9,14H2,1H3. The second-order valence-electron chi connectivity index (χ2n) is 4.63. The van der Waals surface area contributed by atoms with Gasteiger partial charge in [0.25, 0.3) is 0 Å². The molecule has 1 unspecified atom stereocenters. The molecule has 1 aliphatic carbocycles. The van der Waals surface area contributed by atoms with Crippen molar-refractivity contribution in [3.63, 3.8) is 0 Å². The topological polar surface area (TPSA) is 26.0 Å². The van der Waals surface area contributed by atoms with Crippen LogP contribution in [0.5, 0.6) is 0 Å². The summed E-state index contributed by atoms with van der Waals surface area (Å²) in [6, 6.07) is 2.42. The number of thiophene rings is 1. The van der Waals surface area contributed by atoms with Crippen LogP contribution in [0.15, 0.2) is 11.4 Å². The third-order valence-corrected chi connectivity index (χ3v) is 5.72. The van der Waals surface area contributed by atoms with Gasteiger partial charge in [-0.05, 0) is 36.8 Å². The lowest BCUT2D eigenvalue weighted by Crippen LogP contribution is -2.17. The SMILES string of the molecule is Cc1sccc1C(N)CSC1CCCCC1. The van der Waals surface area contributed by atoms with E-state index in [1.807, 2.05) is 0 Å². The summed E-state index contributed by atoms with van der Waals surface area (Å²) in [6.07, 6.45) is 7.08. The number of thioether (sulfide) groups is 1. The highest BCUT2D eigenvalue weighted by atomic mass is 32.2. The number of hydrogen-bond donors (Lipinski definition) is 1. The van der Waals surface area contributed by atoms with Crippen LogP contribution in [0.1, 0.15) is 48.6 Å². The van der Waals surface area contributed by atoms with Gasteiger partial charge in [0.15, 0.2) is 0 Å². The third kappa shape index (κ3) is 3.25. The fourth-order valence-electron chi connectivity index (χ4n) is 2.34. The molecular weight excluding hydrogens is 234 g/mol. The van der Waals surface area contributed by atoms with Gasteiger partial charge in [-0.1, -0.05) is 19.3 Å². The van der Waals surface area contributed by atoms with Crippen molar-refractivity contribution in [3.05, 3.63) is 21.9 Å². The smallest absolute Gasteiger partial charge is 0.0397 e. The van der Waals surface area contributed by atoms with Gasteiger partial charge in [-0.2, -0.15) is 11.8 Å². The van der Waals surface area contributed by atoms with E-state index in [1.54, 1.807) is 11.3 Å². The van der Waals surface area contributed by atoms with Crippen LogP contribution in [-0.2, 0) is 0 Å². The molecule has 1 fully saturated rings. The van der Waals surface area contributed by atoms with E-state index in [0.29, 0.717) is 0 Å². The van der Waals surface area contributed by atoms with Gasteiger partial charge in [-0.3, -0.25) is 0 Å². The summed E-state index contributed by atoms with van der Waals surface area (Å²) in [5.74, 6) is 1.09. The van der Waals surface area contributed by atoms with E-state index in [0.717, 1.165) is 11.0 Å². The van der Waals surface area contributed by atoms with Crippen LogP contribution in [0, 0.1) is 6.92 Å². The monoisotopic (exact) mass is 255 g/mol. The molecule has 0 spiro atoms. The summed E-state index contributed by atoms with van der Waals surface area (Å²) in [7, 11) is 0. The van der Waals surface area contributed by atoms with Crippen molar-refractivity contribution in [1.29, 1.82) is 0 Å². The minimum absolute atomic E-state index is 0.234. The molecule has 16 heavy (non-hydrogen) atoms. The van der Waals surface area contributed by atoms with Crippen LogP contribution in [0.4, 0.5) is 0 Å². The summed E-state index contributed by atoms with van der Waals surface area (Å²) < 4.78 is 0. The summed E-state index contributed by atoms with van der Waals surface area (Å²) in [5, 5.41) is 3.02. The first-order valence-corrected chi connectivity index (χ1v) is 8.11. The van der Waals surface area contributed by atoms with E-state index < -0.39 is 0 Å². The van der Waals surface area contributed by atoms with Crippen molar-refractivity contribution in [2.75, 3.05) is 5.75 Å². The largest absolute Gasteiger partial charge is 0.323 e. The molecule has 1 atom stereocenters. The molecule has 1 heterocycles. The Morgan fingerprint density at radius 2 is 2.19 bits per heavy atom. The molecule has 2 rings (SSSR count). The first-order chi connectivity index (χ1) is 7.77. The summed E-state index contributed by atoms with van der Waals surface area (Å²) in [4.78, 5) is 1.39. The summed E-state index contributed by atoms with van der Waals surface area (Å²) in [6.45, 7) is 2.17. The Labute approximate surface area is 107 Å². The van der Waals surface area contributed by atoms with E-state index in [4.69, 9.17) is 5.73 Å². The molecule has 3 heteroatoms. The lowest BCUT2D eigenvalue weighted by atomic mass is 10.0. The van der Waals surface area contributed by atoms with Crippen LogP contribution >= 0.6 is 23.1 Å². The zero-order chi connectivity index (χ0) is 11.4. The minimum atomic E-state index is 0.234. The second kappa shape index (κ2) is 6.08. The van der Waals surface area contributed by atoms with Crippen molar-refractivity contribution in [3.8, 4) is 0 Å². The van der Waals surface area contributed by atoms with Gasteiger partial charge in [0.2, 0.25) is 0 Å². The van der Waals surface area contributed by atoms with Gasteiger partial charge in [-0.15, -0.1) is 11.3 Å². The Hall–Kier alpha value is 0.01000. The van der Waals surface area contributed by atoms with Crippen LogP contribution < -0.4 is 5.73 Å². The van der Waals surface area contributed by atoms with Crippen molar-refractivity contribution < 1.29 is 0 Å². The lowest BCUT2D eigenvalue weighted by Gasteiger charge is -2.22. The summed E-state index contributed by atoms with van der Waals surface area (Å²) in [5.41, 5.74) is 7.60. The van der Waals surface area contributed by atoms with Crippen LogP contribution in [0.3, 0.4) is 0 Å². The normalized spacial score (nSPS) is 19.9. The molecule has 2 N–H and O–H groups in total. The molecule has 0 aromatic carbocycles. The van der Waals surface area contributed by atoms with Gasteiger partial charge >= 0.3 is 0 Å². The van der Waals surface area contributed by atoms with Gasteiger partial charge in [0.05, 0.1) is 0 Å². The number of hydrogen-bond acceptors (Lipinski definition) is 3. The van der Waals surface area contributed by atoms with E-state index in [9.17, 15) is 0 Å². The Morgan fingerprint density at radius 1 is 1.44 bits per heavy atom. The van der Waals surface area contributed by atoms with E-state index in [-0.39, 0.29) is 6.04 Å². The molecule has 1 aromatic heterocycles. The quantitative estimate of drug-likeness (QED) is 0.875. The van der Waals surface area contributed by atoms with Crippen molar-refractivity contribution in [2.45, 2.75) is 50.3 Å². The van der Waals surface area contributed by atoms with Crippen molar-refractivity contribution in [1.82, 2.24) is 0 Å². The maximum Gasteiger partial charge on any atom is 0.0397 e. The number of nitrogens with two attached hydrogens (primary N) is 1. The third-order valence-electron chi connectivity index (χ3n) is 3.36. The fraction of sp³-hybridized carbons (Fsp3) is 0.692. The van der Waals surface area contributed by atoms with Gasteiger partial charge in [0.1, 0.15) is 0 Å². The molecule has 0 bridgehead atoms. The first kappa shape index (κ1) is 12.5. The Bertz CT molecular complexity index is 315. The van der Waals surface area contributed by atoms with E-state index in [1.165, 1.54) is 42.5 Å². The molecule has 1 nitrogen and oxygen atoms in total. The lowest BCUT2D eigenvalue weighted by molar-refractivity contribution is 0.515. The van der Waals surface area contributed by atoms with Gasteiger partial charge in [0, 0.05) is 21.9 Å². The van der Waals surface area contributed by atoms with Crippen molar-refractivity contribution >= 4 is 23.1 Å². The zero-order valence-electron chi connectivity index (χ0n) is 9.95. The van der Waals surface area contributed by atoms with Crippen molar-refractivity contribution in [2.24, 2.45) is 5.73 Å². The highest BCUT2D eigenvalue weighted by Crippen LogP contribution is 2.31. The predicted octanol–water partition coefficient (Wildman–Crippen LogP) is 4.12. The molecule has 1 aromatic rings. The van der Waals surface area contributed by atoms with E-state index in [2.05, 4.69) is 30.1 Å². The first-order valence-electron chi connectivity index (χ1n) is 6.18. The number of aryl methyl sites for hydroxylation is 1. The molecule has 0 saturated heterocycles. The molecule has 90 valence electrons. The molecule has 1 saturated carbocycles. The Morgan fingerprint density at radius 3 is 2.81 bits per heavy atom. The predicted molar refractivity (Wildman–Crippen MR) is 75.3 cm³/mol. The molecule has 0 radical (unpaired) electrons. The molecule has 0 amide bonds. The average molecular weight is 255 g/mol. The van der Waals surface area contributed by atoms with Crippen LogP contribution in [0.25, 0.3) is 0 Å². The number of rotatable bonds is 4. The second-order valence-corrected chi connectivity index (χ2v) is 7.09. The highest BCUT2D eigenvalue weighted by Gasteiger charge is 2.16. The summed E-state index contributed by atoms with van der Waals surface area (Å²) >= 11 is 3.90. The van der Waals surface area contributed by atoms with Crippen LogP contribution in [0.2, 0.25) is 0 Å². The van der Waals surface area contributed by atoms with Crippen LogP contribution in [-0.4, -0.2) is 11.0 Å². The highest BCUT2D eigenvalue weighted by molar-refractivity contribution is 7.99. The fourth-order valence-corrected chi connectivity index (χ4v) is 4.44. The maximum absolute atomic E-state index is 6.24. The average Bonchev–Trinajstić information content (AvgIpc) is 2.74. The Kier molecular flexibility index (Phi) is 4.74.